The number of pyridine rings is 1. The van der Waals surface area contributed by atoms with E-state index in [1.165, 1.54) is 4.88 Å². The van der Waals surface area contributed by atoms with Crippen molar-refractivity contribution in [1.82, 2.24) is 19.3 Å². The molecule has 1 aromatic carbocycles. The van der Waals surface area contributed by atoms with Crippen LogP contribution in [0.4, 0.5) is 0 Å². The van der Waals surface area contributed by atoms with E-state index in [9.17, 15) is 4.79 Å². The Hall–Kier alpha value is -3.32. The fourth-order valence-electron chi connectivity index (χ4n) is 3.53. The van der Waals surface area contributed by atoms with Crippen molar-refractivity contribution in [3.05, 3.63) is 75.8 Å². The minimum Gasteiger partial charge on any atom is -0.456 e. The number of nitrogens with zero attached hydrogens (tertiary/aromatic N) is 3. The van der Waals surface area contributed by atoms with Gasteiger partial charge in [0, 0.05) is 35.3 Å². The fourth-order valence-corrected chi connectivity index (χ4v) is 4.62. The van der Waals surface area contributed by atoms with Gasteiger partial charge < -0.3 is 14.3 Å². The Morgan fingerprint density at radius 1 is 1.17 bits per heavy atom. The van der Waals surface area contributed by atoms with Gasteiger partial charge in [-0.2, -0.15) is 5.10 Å². The second-order valence-electron chi connectivity index (χ2n) is 7.08. The second-order valence-corrected chi connectivity index (χ2v) is 8.25. The number of thiophene rings is 1. The zero-order valence-electron chi connectivity index (χ0n) is 16.2. The first kappa shape index (κ1) is 17.8. The molecule has 7 heteroatoms. The Labute approximate surface area is 171 Å². The van der Waals surface area contributed by atoms with Gasteiger partial charge in [-0.25, -0.2) is 0 Å². The van der Waals surface area contributed by atoms with Crippen molar-refractivity contribution in [2.75, 3.05) is 0 Å². The SMILES string of the molecule is CCc1cc2sc(Cn3ccc(Oc4ccc5c(cnn5C)c4)c3)cc2[nH]c1=O. The van der Waals surface area contributed by atoms with Gasteiger partial charge in [0.2, 0.25) is 0 Å². The van der Waals surface area contributed by atoms with Crippen LogP contribution >= 0.6 is 11.3 Å². The number of rotatable bonds is 5. The van der Waals surface area contributed by atoms with E-state index in [1.54, 1.807) is 11.3 Å². The van der Waals surface area contributed by atoms with E-state index in [0.717, 1.165) is 51.1 Å². The number of aryl methyl sites for hydroxylation is 2. The van der Waals surface area contributed by atoms with Crippen LogP contribution in [-0.2, 0) is 20.0 Å². The van der Waals surface area contributed by atoms with Gasteiger partial charge in [-0.1, -0.05) is 6.92 Å². The quantitative estimate of drug-likeness (QED) is 0.463. The van der Waals surface area contributed by atoms with Gasteiger partial charge in [0.25, 0.3) is 5.56 Å². The minimum absolute atomic E-state index is 0.00610. The Kier molecular flexibility index (Phi) is 4.24. The molecular weight excluding hydrogens is 384 g/mol. The fraction of sp³-hybridized carbons (Fsp3) is 0.182. The summed E-state index contributed by atoms with van der Waals surface area (Å²) in [5, 5.41) is 5.32. The zero-order chi connectivity index (χ0) is 20.0. The van der Waals surface area contributed by atoms with Gasteiger partial charge in [0.1, 0.15) is 11.5 Å². The highest BCUT2D eigenvalue weighted by Gasteiger charge is 2.08. The summed E-state index contributed by atoms with van der Waals surface area (Å²) in [5.41, 5.74) is 2.81. The van der Waals surface area contributed by atoms with Gasteiger partial charge in [-0.3, -0.25) is 9.48 Å². The maximum atomic E-state index is 12.0. The van der Waals surface area contributed by atoms with Crippen LogP contribution in [0.15, 0.2) is 59.8 Å². The Bertz CT molecular complexity index is 1390. The zero-order valence-corrected chi connectivity index (χ0v) is 17.0. The van der Waals surface area contributed by atoms with Gasteiger partial charge in [0.05, 0.1) is 28.5 Å². The first-order valence-electron chi connectivity index (χ1n) is 9.49. The summed E-state index contributed by atoms with van der Waals surface area (Å²) < 4.78 is 11.1. The molecular formula is C22H20N4O2S. The van der Waals surface area contributed by atoms with E-state index in [2.05, 4.69) is 20.7 Å². The molecule has 0 unspecified atom stereocenters. The van der Waals surface area contributed by atoms with E-state index in [4.69, 9.17) is 4.74 Å². The van der Waals surface area contributed by atoms with E-state index in [1.807, 2.05) is 67.6 Å². The highest BCUT2D eigenvalue weighted by molar-refractivity contribution is 7.19. The summed E-state index contributed by atoms with van der Waals surface area (Å²) >= 11 is 1.71. The average molecular weight is 404 g/mol. The van der Waals surface area contributed by atoms with Crippen LogP contribution in [0.3, 0.4) is 0 Å². The van der Waals surface area contributed by atoms with Crippen molar-refractivity contribution in [2.24, 2.45) is 7.05 Å². The number of hydrogen-bond acceptors (Lipinski definition) is 4. The molecule has 6 nitrogen and oxygen atoms in total. The van der Waals surface area contributed by atoms with Crippen LogP contribution in [0.2, 0.25) is 0 Å². The molecule has 146 valence electrons. The summed E-state index contributed by atoms with van der Waals surface area (Å²) in [6, 6.07) is 12.0. The van der Waals surface area contributed by atoms with Crippen LogP contribution in [0.5, 0.6) is 11.5 Å². The number of ether oxygens (including phenoxy) is 1. The van der Waals surface area contributed by atoms with Crippen molar-refractivity contribution in [2.45, 2.75) is 19.9 Å². The van der Waals surface area contributed by atoms with Crippen LogP contribution in [0, 0.1) is 0 Å². The molecule has 29 heavy (non-hydrogen) atoms. The Morgan fingerprint density at radius 3 is 2.93 bits per heavy atom. The molecule has 4 aromatic heterocycles. The molecule has 0 saturated carbocycles. The third-order valence-corrected chi connectivity index (χ3v) is 6.12. The number of H-pyrrole nitrogens is 1. The molecule has 5 rings (SSSR count). The first-order valence-corrected chi connectivity index (χ1v) is 10.3. The number of nitrogens with one attached hydrogen (secondary N) is 1. The first-order chi connectivity index (χ1) is 14.1. The minimum atomic E-state index is 0.00610. The molecule has 0 aliphatic rings. The van der Waals surface area contributed by atoms with Crippen LogP contribution in [0.25, 0.3) is 21.1 Å². The largest absolute Gasteiger partial charge is 0.456 e. The maximum Gasteiger partial charge on any atom is 0.251 e. The molecule has 0 spiro atoms. The van der Waals surface area contributed by atoms with Crippen molar-refractivity contribution >= 4 is 32.5 Å². The Balaban J connectivity index is 1.35. The van der Waals surface area contributed by atoms with Gasteiger partial charge >= 0.3 is 0 Å². The second kappa shape index (κ2) is 6.93. The number of aromatic nitrogens is 4. The van der Waals surface area contributed by atoms with Crippen molar-refractivity contribution in [3.8, 4) is 11.5 Å². The van der Waals surface area contributed by atoms with Crippen LogP contribution < -0.4 is 10.3 Å². The van der Waals surface area contributed by atoms with Crippen LogP contribution in [0.1, 0.15) is 17.4 Å². The third-order valence-electron chi connectivity index (χ3n) is 5.05. The lowest BCUT2D eigenvalue weighted by molar-refractivity contribution is 0.482. The van der Waals surface area contributed by atoms with E-state index < -0.39 is 0 Å². The van der Waals surface area contributed by atoms with Gasteiger partial charge in [-0.15, -0.1) is 11.3 Å². The third kappa shape index (κ3) is 3.34. The number of fused-ring (bicyclic) bond motifs is 2. The Morgan fingerprint density at radius 2 is 2.07 bits per heavy atom. The summed E-state index contributed by atoms with van der Waals surface area (Å²) in [7, 11) is 1.93. The number of hydrogen-bond donors (Lipinski definition) is 1. The van der Waals surface area contributed by atoms with E-state index in [0.29, 0.717) is 0 Å². The molecule has 0 aliphatic carbocycles. The van der Waals surface area contributed by atoms with Crippen molar-refractivity contribution in [1.29, 1.82) is 0 Å². The van der Waals surface area contributed by atoms with Gasteiger partial charge in [0.15, 0.2) is 0 Å². The average Bonchev–Trinajstić information content (AvgIpc) is 3.40. The lowest BCUT2D eigenvalue weighted by Gasteiger charge is -2.04. The molecule has 0 bridgehead atoms. The summed E-state index contributed by atoms with van der Waals surface area (Å²) in [5.74, 6) is 1.57. The lowest BCUT2D eigenvalue weighted by atomic mass is 10.2. The summed E-state index contributed by atoms with van der Waals surface area (Å²) in [4.78, 5) is 16.2. The normalized spacial score (nSPS) is 11.5. The standard InChI is InChI=1S/C22H20N4O2S/c1-3-14-9-21-19(24-22(14)27)10-18(29-21)13-26-7-6-17(12-26)28-16-4-5-20-15(8-16)11-23-25(20)2/h4-12H,3,13H2,1-2H3,(H,24,27). The highest BCUT2D eigenvalue weighted by atomic mass is 32.1. The number of aromatic amines is 1. The summed E-state index contributed by atoms with van der Waals surface area (Å²) in [6.07, 6.45) is 6.56. The molecule has 0 aliphatic heterocycles. The van der Waals surface area contributed by atoms with E-state index in [-0.39, 0.29) is 5.56 Å². The predicted molar refractivity (Wildman–Crippen MR) is 116 cm³/mol. The monoisotopic (exact) mass is 404 g/mol. The van der Waals surface area contributed by atoms with Crippen molar-refractivity contribution in [3.63, 3.8) is 0 Å². The number of benzene rings is 1. The molecule has 0 saturated heterocycles. The highest BCUT2D eigenvalue weighted by Crippen LogP contribution is 2.28. The smallest absolute Gasteiger partial charge is 0.251 e. The maximum absolute atomic E-state index is 12.0. The van der Waals surface area contributed by atoms with Crippen LogP contribution in [-0.4, -0.2) is 19.3 Å². The predicted octanol–water partition coefficient (Wildman–Crippen LogP) is 4.68. The molecule has 4 heterocycles. The molecule has 0 amide bonds. The van der Waals surface area contributed by atoms with Crippen molar-refractivity contribution < 1.29 is 4.74 Å². The molecule has 0 fully saturated rings. The molecule has 5 aromatic rings. The topological polar surface area (TPSA) is 64.8 Å². The lowest BCUT2D eigenvalue weighted by Crippen LogP contribution is -2.10. The molecule has 0 atom stereocenters. The van der Waals surface area contributed by atoms with E-state index >= 15 is 0 Å². The molecule has 1 N–H and O–H groups in total. The van der Waals surface area contributed by atoms with Gasteiger partial charge in [-0.05, 0) is 42.8 Å². The summed E-state index contributed by atoms with van der Waals surface area (Å²) in [6.45, 7) is 2.73. The molecule has 0 radical (unpaired) electrons.